The third-order valence-corrected chi connectivity index (χ3v) is 6.31. The van der Waals surface area contributed by atoms with Crippen molar-refractivity contribution in [1.29, 1.82) is 0 Å². The van der Waals surface area contributed by atoms with E-state index in [1.807, 2.05) is 31.2 Å². The monoisotopic (exact) mass is 403 g/mol. The second-order valence-corrected chi connectivity index (χ2v) is 8.21. The van der Waals surface area contributed by atoms with Gasteiger partial charge in [0.15, 0.2) is 12.2 Å². The summed E-state index contributed by atoms with van der Waals surface area (Å²) in [4.78, 5) is 38.5. The van der Waals surface area contributed by atoms with Gasteiger partial charge in [-0.05, 0) is 37.1 Å². The van der Waals surface area contributed by atoms with Gasteiger partial charge in [0, 0.05) is 25.8 Å². The summed E-state index contributed by atoms with van der Waals surface area (Å²) in [6.07, 6.45) is -0.485. The molecule has 2 saturated heterocycles. The van der Waals surface area contributed by atoms with Crippen molar-refractivity contribution < 1.29 is 9.59 Å². The molecule has 2 aromatic carbocycles. The van der Waals surface area contributed by atoms with E-state index in [1.54, 1.807) is 11.9 Å². The van der Waals surface area contributed by atoms with Crippen LogP contribution in [0.5, 0.6) is 0 Å². The lowest BCUT2D eigenvalue weighted by Gasteiger charge is -2.40. The molecule has 0 saturated carbocycles. The molecule has 154 valence electrons. The molecule has 3 amide bonds. The molecule has 2 unspecified atom stereocenters. The Kier molecular flexibility index (Phi) is 4.27. The van der Waals surface area contributed by atoms with E-state index < -0.39 is 12.2 Å². The first-order valence-electron chi connectivity index (χ1n) is 10.3. The van der Waals surface area contributed by atoms with Crippen molar-refractivity contribution in [3.8, 4) is 0 Å². The first kappa shape index (κ1) is 18.7. The molecule has 0 aliphatic carbocycles. The number of benzene rings is 2. The number of likely N-dealkylation sites (N-methyl/N-ethyl adjacent to an activating group) is 1. The highest BCUT2D eigenvalue weighted by atomic mass is 16.2. The summed E-state index contributed by atoms with van der Waals surface area (Å²) >= 11 is 0. The second kappa shape index (κ2) is 6.86. The average Bonchev–Trinajstić information content (AvgIpc) is 3.31. The average molecular weight is 403 g/mol. The molecule has 0 radical (unpaired) electrons. The van der Waals surface area contributed by atoms with Gasteiger partial charge in [0.2, 0.25) is 5.96 Å². The Labute approximate surface area is 176 Å². The summed E-state index contributed by atoms with van der Waals surface area (Å²) in [6.45, 7) is 5.82. The highest BCUT2D eigenvalue weighted by Gasteiger charge is 2.54. The molecule has 0 N–H and O–H groups in total. The Morgan fingerprint density at radius 2 is 1.73 bits per heavy atom. The van der Waals surface area contributed by atoms with Gasteiger partial charge >= 0.3 is 6.03 Å². The lowest BCUT2D eigenvalue weighted by Crippen LogP contribution is -2.64. The first-order valence-corrected chi connectivity index (χ1v) is 10.3. The largest absolute Gasteiger partial charge is 0.328 e. The van der Waals surface area contributed by atoms with Crippen LogP contribution < -0.4 is 4.90 Å². The third-order valence-electron chi connectivity index (χ3n) is 6.31. The Morgan fingerprint density at radius 3 is 2.47 bits per heavy atom. The van der Waals surface area contributed by atoms with Gasteiger partial charge in [0.1, 0.15) is 0 Å². The van der Waals surface area contributed by atoms with E-state index in [4.69, 9.17) is 4.99 Å². The van der Waals surface area contributed by atoms with Gasteiger partial charge in [0.05, 0.1) is 6.54 Å². The standard InChI is InChI=1S/C23H25N5O2/c1-15-8-10-18(11-9-15)26-12-13-27-19-20(24-22(26)27)25(3)23(30)28(21(19)29)14-17-7-5-4-6-16(17)2/h4-11,19-20H,12-14H2,1-3H3. The molecule has 2 atom stereocenters. The van der Waals surface area contributed by atoms with Gasteiger partial charge < -0.3 is 14.7 Å². The first-order chi connectivity index (χ1) is 14.5. The van der Waals surface area contributed by atoms with E-state index in [-0.39, 0.29) is 18.5 Å². The quantitative estimate of drug-likeness (QED) is 0.791. The van der Waals surface area contributed by atoms with E-state index in [1.165, 1.54) is 10.5 Å². The van der Waals surface area contributed by atoms with E-state index in [2.05, 4.69) is 41.0 Å². The summed E-state index contributed by atoms with van der Waals surface area (Å²) in [5, 5.41) is 0. The Hall–Kier alpha value is -3.35. The van der Waals surface area contributed by atoms with Crippen LogP contribution >= 0.6 is 0 Å². The second-order valence-electron chi connectivity index (χ2n) is 8.21. The molecule has 0 aromatic heterocycles. The van der Waals surface area contributed by atoms with Gasteiger partial charge in [-0.3, -0.25) is 9.69 Å². The number of anilines is 1. The number of fused-ring (bicyclic) bond motifs is 3. The van der Waals surface area contributed by atoms with Crippen LogP contribution in [0.4, 0.5) is 10.5 Å². The number of amides is 3. The maximum atomic E-state index is 13.5. The summed E-state index contributed by atoms with van der Waals surface area (Å²) in [6, 6.07) is 15.4. The number of aryl methyl sites for hydroxylation is 2. The predicted molar refractivity (Wildman–Crippen MR) is 115 cm³/mol. The van der Waals surface area contributed by atoms with Gasteiger partial charge in [-0.2, -0.15) is 0 Å². The molecule has 2 fully saturated rings. The van der Waals surface area contributed by atoms with Crippen molar-refractivity contribution in [3.63, 3.8) is 0 Å². The van der Waals surface area contributed by atoms with Crippen molar-refractivity contribution in [2.45, 2.75) is 32.6 Å². The molecule has 0 spiro atoms. The van der Waals surface area contributed by atoms with Crippen LogP contribution in [0.25, 0.3) is 0 Å². The Bertz CT molecular complexity index is 1050. The highest BCUT2D eigenvalue weighted by Crippen LogP contribution is 2.34. The minimum atomic E-state index is -0.485. The van der Waals surface area contributed by atoms with Crippen LogP contribution in [-0.4, -0.2) is 64.9 Å². The van der Waals surface area contributed by atoms with E-state index in [9.17, 15) is 9.59 Å². The molecule has 3 aliphatic rings. The van der Waals surface area contributed by atoms with Crippen molar-refractivity contribution in [2.75, 3.05) is 25.0 Å². The molecule has 3 heterocycles. The summed E-state index contributed by atoms with van der Waals surface area (Å²) in [5.74, 6) is 0.607. The maximum absolute atomic E-state index is 13.5. The fourth-order valence-electron chi connectivity index (χ4n) is 4.51. The minimum absolute atomic E-state index is 0.171. The third kappa shape index (κ3) is 2.76. The molecule has 2 aromatic rings. The number of nitrogens with zero attached hydrogens (tertiary/aromatic N) is 5. The number of hydrogen-bond acceptors (Lipinski definition) is 5. The highest BCUT2D eigenvalue weighted by molar-refractivity contribution is 6.07. The Morgan fingerprint density at radius 1 is 1.00 bits per heavy atom. The van der Waals surface area contributed by atoms with Gasteiger partial charge in [-0.15, -0.1) is 0 Å². The lowest BCUT2D eigenvalue weighted by molar-refractivity contribution is -0.137. The molecule has 7 heteroatoms. The fraction of sp³-hybridized carbons (Fsp3) is 0.348. The van der Waals surface area contributed by atoms with E-state index >= 15 is 0 Å². The lowest BCUT2D eigenvalue weighted by atomic mass is 10.1. The Balaban J connectivity index is 1.44. The minimum Gasteiger partial charge on any atom is -0.325 e. The van der Waals surface area contributed by atoms with E-state index in [0.717, 1.165) is 29.3 Å². The topological polar surface area (TPSA) is 59.5 Å². The summed E-state index contributed by atoms with van der Waals surface area (Å²) < 4.78 is 0. The van der Waals surface area contributed by atoms with Crippen molar-refractivity contribution in [3.05, 3.63) is 65.2 Å². The molecule has 7 nitrogen and oxygen atoms in total. The zero-order valence-corrected chi connectivity index (χ0v) is 17.4. The number of carbonyl (C=O) groups excluding carboxylic acids is 2. The van der Waals surface area contributed by atoms with Gasteiger partial charge in [-0.1, -0.05) is 42.0 Å². The van der Waals surface area contributed by atoms with E-state index in [0.29, 0.717) is 6.54 Å². The van der Waals surface area contributed by atoms with Crippen molar-refractivity contribution in [1.82, 2.24) is 14.7 Å². The molecule has 3 aliphatic heterocycles. The summed E-state index contributed by atoms with van der Waals surface area (Å²) in [7, 11) is 1.74. The molecular formula is C23H25N5O2. The van der Waals surface area contributed by atoms with Gasteiger partial charge in [0.25, 0.3) is 5.91 Å². The molecule has 0 bridgehead atoms. The van der Waals surface area contributed by atoms with Crippen molar-refractivity contribution in [2.24, 2.45) is 4.99 Å². The number of aliphatic imine (C=N–C) groups is 1. The van der Waals surface area contributed by atoms with Crippen LogP contribution in [0.15, 0.2) is 53.5 Å². The van der Waals surface area contributed by atoms with Gasteiger partial charge in [-0.25, -0.2) is 9.79 Å². The number of rotatable bonds is 3. The number of carbonyl (C=O) groups is 2. The number of imide groups is 1. The fourth-order valence-corrected chi connectivity index (χ4v) is 4.51. The SMILES string of the molecule is Cc1ccc(N2CCN3C2=NC2C3C(=O)N(Cc3ccccc3C)C(=O)N2C)cc1. The number of guanidine groups is 1. The molecule has 30 heavy (non-hydrogen) atoms. The van der Waals surface area contributed by atoms with Crippen LogP contribution in [0.1, 0.15) is 16.7 Å². The smallest absolute Gasteiger partial charge is 0.325 e. The molecular weight excluding hydrogens is 378 g/mol. The number of urea groups is 1. The van der Waals surface area contributed by atoms with Crippen LogP contribution in [-0.2, 0) is 11.3 Å². The predicted octanol–water partition coefficient (Wildman–Crippen LogP) is 2.58. The van der Waals surface area contributed by atoms with Crippen LogP contribution in [0.3, 0.4) is 0 Å². The summed E-state index contributed by atoms with van der Waals surface area (Å²) in [5.41, 5.74) is 4.30. The molecule has 5 rings (SSSR count). The van der Waals surface area contributed by atoms with Crippen molar-refractivity contribution >= 4 is 23.6 Å². The maximum Gasteiger partial charge on any atom is 0.328 e. The van der Waals surface area contributed by atoms with Crippen LogP contribution in [0.2, 0.25) is 0 Å². The zero-order chi connectivity index (χ0) is 21.0. The zero-order valence-electron chi connectivity index (χ0n) is 17.4. The normalized spacial score (nSPS) is 23.1. The number of hydrogen-bond donors (Lipinski definition) is 0. The van der Waals surface area contributed by atoms with Crippen LogP contribution in [0, 0.1) is 13.8 Å².